The molecule has 0 aliphatic rings. The lowest BCUT2D eigenvalue weighted by molar-refractivity contribution is -0.161. The van der Waals surface area contributed by atoms with Crippen LogP contribution in [0.25, 0.3) is 0 Å². The van der Waals surface area contributed by atoms with Crippen LogP contribution in [0.5, 0.6) is 0 Å². The number of unbranched alkanes of at least 4 members (excludes halogenated alkanes) is 29. The maximum Gasteiger partial charge on any atom is 0.469 e. The zero-order valence-electron chi connectivity index (χ0n) is 35.8. The first-order valence-electron chi connectivity index (χ1n) is 23.1. The van der Waals surface area contributed by atoms with Crippen molar-refractivity contribution in [1.82, 2.24) is 0 Å². The van der Waals surface area contributed by atoms with E-state index in [9.17, 15) is 14.2 Å². The molecule has 0 bridgehead atoms. The Morgan fingerprint density at radius 1 is 0.455 bits per heavy atom. The van der Waals surface area contributed by atoms with Crippen LogP contribution in [0.15, 0.2) is 24.3 Å². The topological polar surface area (TPSA) is 119 Å². The van der Waals surface area contributed by atoms with Gasteiger partial charge in [-0.2, -0.15) is 0 Å². The van der Waals surface area contributed by atoms with Gasteiger partial charge < -0.3 is 19.3 Å². The number of rotatable bonds is 43. The molecule has 55 heavy (non-hydrogen) atoms. The van der Waals surface area contributed by atoms with Crippen molar-refractivity contribution in [2.24, 2.45) is 0 Å². The number of hydrogen-bond donors (Lipinski definition) is 2. The van der Waals surface area contributed by atoms with Gasteiger partial charge in [-0.15, -0.1) is 0 Å². The molecule has 0 unspecified atom stereocenters. The molecule has 0 amide bonds. The second-order valence-corrected chi connectivity index (χ2v) is 17.0. The van der Waals surface area contributed by atoms with Crippen molar-refractivity contribution in [2.75, 3.05) is 13.2 Å². The van der Waals surface area contributed by atoms with Gasteiger partial charge in [-0.25, -0.2) is 4.57 Å². The Morgan fingerprint density at radius 3 is 1.22 bits per heavy atom. The van der Waals surface area contributed by atoms with E-state index in [4.69, 9.17) is 19.3 Å². The van der Waals surface area contributed by atoms with Crippen LogP contribution in [0.4, 0.5) is 0 Å². The number of hydrogen-bond acceptors (Lipinski definition) is 6. The summed E-state index contributed by atoms with van der Waals surface area (Å²) in [6.45, 7) is 3.68. The highest BCUT2D eigenvalue weighted by atomic mass is 31.2. The molecule has 0 aliphatic carbocycles. The van der Waals surface area contributed by atoms with Crippen LogP contribution in [0.1, 0.15) is 239 Å². The van der Waals surface area contributed by atoms with Crippen LogP contribution < -0.4 is 0 Å². The minimum Gasteiger partial charge on any atom is -0.462 e. The van der Waals surface area contributed by atoms with E-state index in [0.717, 1.165) is 44.9 Å². The van der Waals surface area contributed by atoms with Gasteiger partial charge in [0, 0.05) is 12.8 Å². The number of esters is 2. The quantitative estimate of drug-likeness (QED) is 0.0271. The lowest BCUT2D eigenvalue weighted by atomic mass is 10.0. The van der Waals surface area contributed by atoms with Crippen LogP contribution in [0.2, 0.25) is 0 Å². The molecule has 0 heterocycles. The molecule has 0 aliphatic heterocycles. The summed E-state index contributed by atoms with van der Waals surface area (Å²) in [5.74, 6) is -0.923. The maximum atomic E-state index is 12.4. The molecule has 0 saturated carbocycles. The first kappa shape index (κ1) is 53.5. The fourth-order valence-electron chi connectivity index (χ4n) is 6.75. The molecule has 0 aromatic rings. The summed E-state index contributed by atoms with van der Waals surface area (Å²) in [4.78, 5) is 42.9. The average Bonchev–Trinajstić information content (AvgIpc) is 3.16. The number of allylic oxidation sites excluding steroid dienone is 4. The van der Waals surface area contributed by atoms with Gasteiger partial charge in [0.15, 0.2) is 6.10 Å². The van der Waals surface area contributed by atoms with Gasteiger partial charge in [0.1, 0.15) is 6.61 Å². The first-order valence-corrected chi connectivity index (χ1v) is 24.7. The fraction of sp³-hybridized carbons (Fsp3) is 0.870. The Kier molecular flexibility index (Phi) is 41.0. The second-order valence-electron chi connectivity index (χ2n) is 15.7. The van der Waals surface area contributed by atoms with Gasteiger partial charge >= 0.3 is 19.8 Å². The molecular weight excluding hydrogens is 711 g/mol. The molecular formula is C46H87O8P. The summed E-state index contributed by atoms with van der Waals surface area (Å²) < 4.78 is 26.4. The summed E-state index contributed by atoms with van der Waals surface area (Å²) in [5, 5.41) is 0. The van der Waals surface area contributed by atoms with Gasteiger partial charge in [-0.3, -0.25) is 14.1 Å². The van der Waals surface area contributed by atoms with Crippen LogP contribution in [-0.4, -0.2) is 41.0 Å². The Balaban J connectivity index is 3.87. The SMILES string of the molecule is CCCCCCCCCCCCCCCC/C=C/CC/C=C/CCCC(=O)OC[C@H](COP(=O)(O)O)OC(=O)CCCCCCCCCCCCCCCC. The Bertz CT molecular complexity index is 946. The number of carbonyl (C=O) groups excluding carboxylic acids is 2. The van der Waals surface area contributed by atoms with Gasteiger partial charge in [-0.05, 0) is 44.9 Å². The van der Waals surface area contributed by atoms with Crippen molar-refractivity contribution < 1.29 is 37.9 Å². The van der Waals surface area contributed by atoms with Gasteiger partial charge in [0.2, 0.25) is 0 Å². The molecule has 2 N–H and O–H groups in total. The Hall–Kier alpha value is -1.47. The molecule has 0 aromatic heterocycles. The molecule has 0 fully saturated rings. The Labute approximate surface area is 339 Å². The van der Waals surface area contributed by atoms with Crippen molar-refractivity contribution in [3.05, 3.63) is 24.3 Å². The third kappa shape index (κ3) is 45.1. The zero-order chi connectivity index (χ0) is 40.3. The molecule has 0 aromatic carbocycles. The predicted octanol–water partition coefficient (Wildman–Crippen LogP) is 14.4. The fourth-order valence-corrected chi connectivity index (χ4v) is 7.11. The lowest BCUT2D eigenvalue weighted by Crippen LogP contribution is -2.29. The van der Waals surface area contributed by atoms with Gasteiger partial charge in [0.25, 0.3) is 0 Å². The molecule has 9 heteroatoms. The highest BCUT2D eigenvalue weighted by molar-refractivity contribution is 7.46. The molecule has 0 saturated heterocycles. The van der Waals surface area contributed by atoms with E-state index in [2.05, 4.69) is 42.7 Å². The average molecular weight is 799 g/mol. The van der Waals surface area contributed by atoms with E-state index in [-0.39, 0.29) is 19.4 Å². The van der Waals surface area contributed by atoms with Crippen molar-refractivity contribution in [3.8, 4) is 0 Å². The predicted molar refractivity (Wildman–Crippen MR) is 230 cm³/mol. The van der Waals surface area contributed by atoms with E-state index < -0.39 is 32.5 Å². The number of carbonyl (C=O) groups is 2. The normalized spacial score (nSPS) is 12.6. The van der Waals surface area contributed by atoms with Crippen LogP contribution in [-0.2, 0) is 28.2 Å². The van der Waals surface area contributed by atoms with E-state index in [1.54, 1.807) is 0 Å². The molecule has 0 spiro atoms. The molecule has 0 rings (SSSR count). The third-order valence-corrected chi connectivity index (χ3v) is 10.7. The van der Waals surface area contributed by atoms with E-state index in [1.165, 1.54) is 154 Å². The minimum atomic E-state index is -4.76. The van der Waals surface area contributed by atoms with E-state index in [1.807, 2.05) is 0 Å². The minimum absolute atomic E-state index is 0.208. The van der Waals surface area contributed by atoms with Crippen LogP contribution >= 0.6 is 7.82 Å². The summed E-state index contributed by atoms with van der Waals surface area (Å²) in [7, 11) is -4.76. The number of ether oxygens (including phenoxy) is 2. The van der Waals surface area contributed by atoms with Gasteiger partial charge in [0.05, 0.1) is 6.61 Å². The van der Waals surface area contributed by atoms with Gasteiger partial charge in [-0.1, -0.05) is 205 Å². The largest absolute Gasteiger partial charge is 0.469 e. The van der Waals surface area contributed by atoms with Crippen molar-refractivity contribution in [3.63, 3.8) is 0 Å². The smallest absolute Gasteiger partial charge is 0.462 e. The third-order valence-electron chi connectivity index (χ3n) is 10.2. The van der Waals surface area contributed by atoms with E-state index >= 15 is 0 Å². The summed E-state index contributed by atoms with van der Waals surface area (Å²) in [6.07, 6.45) is 49.2. The summed E-state index contributed by atoms with van der Waals surface area (Å²) >= 11 is 0. The first-order chi connectivity index (χ1) is 26.8. The van der Waals surface area contributed by atoms with Crippen molar-refractivity contribution in [1.29, 1.82) is 0 Å². The molecule has 1 atom stereocenters. The van der Waals surface area contributed by atoms with Crippen molar-refractivity contribution >= 4 is 19.8 Å². The monoisotopic (exact) mass is 799 g/mol. The van der Waals surface area contributed by atoms with Crippen LogP contribution in [0, 0.1) is 0 Å². The number of phosphoric ester groups is 1. The lowest BCUT2D eigenvalue weighted by Gasteiger charge is -2.18. The maximum absolute atomic E-state index is 12.4. The van der Waals surface area contributed by atoms with E-state index in [0.29, 0.717) is 12.8 Å². The highest BCUT2D eigenvalue weighted by Gasteiger charge is 2.22. The highest BCUT2D eigenvalue weighted by Crippen LogP contribution is 2.36. The summed E-state index contributed by atoms with van der Waals surface area (Å²) in [6, 6.07) is 0. The number of phosphoric acid groups is 1. The second kappa shape index (κ2) is 42.1. The zero-order valence-corrected chi connectivity index (χ0v) is 36.7. The Morgan fingerprint density at radius 2 is 0.800 bits per heavy atom. The molecule has 8 nitrogen and oxygen atoms in total. The molecule has 0 radical (unpaired) electrons. The standard InChI is InChI=1S/C46H87O8P/c1-3-5-7-9-11-13-15-17-19-20-21-22-23-24-25-26-27-29-30-32-34-36-38-40-45(47)52-42-44(43-53-55(49,50)51)54-46(48)41-39-37-35-33-31-28-18-16-14-12-10-8-6-4-2/h26-27,32,34,44H,3-25,28-31,33,35-43H2,1-2H3,(H2,49,50,51)/b27-26+,34-32+/t44-/m1/s1. The van der Waals surface area contributed by atoms with Crippen LogP contribution in [0.3, 0.4) is 0 Å². The summed E-state index contributed by atoms with van der Waals surface area (Å²) in [5.41, 5.74) is 0. The molecule has 324 valence electrons. The van der Waals surface area contributed by atoms with Crippen molar-refractivity contribution in [2.45, 2.75) is 245 Å².